The van der Waals surface area contributed by atoms with Crippen molar-refractivity contribution in [2.45, 2.75) is 0 Å². The summed E-state index contributed by atoms with van der Waals surface area (Å²) in [6, 6.07) is 126. The Balaban J connectivity index is 1.05. The number of rotatable bonds is 10. The van der Waals surface area contributed by atoms with Crippen molar-refractivity contribution < 1.29 is 0 Å². The maximum Gasteiger partial charge on any atom is 0.252 e. The Morgan fingerprint density at radius 3 is 1.05 bits per heavy atom. The van der Waals surface area contributed by atoms with Gasteiger partial charge in [0.25, 0.3) is 6.71 Å². The van der Waals surface area contributed by atoms with Crippen molar-refractivity contribution in [2.75, 3.05) is 9.80 Å². The molecular formula is C84H56BN3. The van der Waals surface area contributed by atoms with Gasteiger partial charge in [0.15, 0.2) is 0 Å². The first-order chi connectivity index (χ1) is 43.7. The van der Waals surface area contributed by atoms with Gasteiger partial charge in [-0.25, -0.2) is 0 Å². The number of aromatic nitrogens is 1. The predicted molar refractivity (Wildman–Crippen MR) is 373 cm³/mol. The van der Waals surface area contributed by atoms with Gasteiger partial charge in [-0.15, -0.1) is 0 Å². The van der Waals surface area contributed by atoms with Gasteiger partial charge in [-0.05, 0) is 91.2 Å². The molecule has 0 atom stereocenters. The number of anilines is 6. The fourth-order valence-corrected chi connectivity index (χ4v) is 14.5. The van der Waals surface area contributed by atoms with Gasteiger partial charge in [0.05, 0.1) is 33.8 Å². The normalized spacial score (nSPS) is 12.2. The number of fused-ring (bicyclic) bond motifs is 8. The van der Waals surface area contributed by atoms with Crippen LogP contribution in [0.1, 0.15) is 0 Å². The molecule has 17 rings (SSSR count). The van der Waals surface area contributed by atoms with Crippen LogP contribution in [0.5, 0.6) is 0 Å². The quantitative estimate of drug-likeness (QED) is 0.126. The van der Waals surface area contributed by atoms with Gasteiger partial charge in [0, 0.05) is 61.2 Å². The van der Waals surface area contributed by atoms with Gasteiger partial charge in [-0.1, -0.05) is 309 Å². The SMILES string of the molecule is c1ccc(-c2ccc3c(c2)B2c4ccc5c(c4N(c4c(-c6ccccc6)cccc4-c4ccccc4)c4cccc(c42)N3c2c(-c3ccccc3)cccc2-c2ccccc2)c2ccccc2n5-c2c(-c3ccccc3)cccc2-c2ccccc2)cc1. The third-order valence-corrected chi connectivity index (χ3v) is 18.2. The van der Waals surface area contributed by atoms with E-state index in [1.807, 2.05) is 0 Å². The largest absolute Gasteiger partial charge is 0.310 e. The highest BCUT2D eigenvalue weighted by molar-refractivity contribution is 7.00. The number of hydrogen-bond acceptors (Lipinski definition) is 2. The third kappa shape index (κ3) is 8.21. The molecule has 0 saturated heterocycles. The summed E-state index contributed by atoms with van der Waals surface area (Å²) >= 11 is 0. The Morgan fingerprint density at radius 2 is 0.591 bits per heavy atom. The van der Waals surface area contributed by atoms with Crippen LogP contribution < -0.4 is 26.2 Å². The van der Waals surface area contributed by atoms with Crippen LogP contribution in [0.25, 0.3) is 105 Å². The maximum atomic E-state index is 2.70. The van der Waals surface area contributed by atoms with Crippen LogP contribution >= 0.6 is 0 Å². The molecule has 0 amide bonds. The van der Waals surface area contributed by atoms with E-state index < -0.39 is 0 Å². The minimum absolute atomic E-state index is 0.205. The Kier molecular flexibility index (Phi) is 12.3. The predicted octanol–water partition coefficient (Wildman–Crippen LogP) is 20.5. The van der Waals surface area contributed by atoms with Crippen molar-refractivity contribution in [3.8, 4) is 83.6 Å². The van der Waals surface area contributed by atoms with Crippen molar-refractivity contribution in [3.05, 3.63) is 340 Å². The first kappa shape index (κ1) is 51.0. The molecule has 2 aliphatic rings. The Hall–Kier alpha value is -11.5. The molecule has 0 aliphatic carbocycles. The molecule has 14 aromatic carbocycles. The van der Waals surface area contributed by atoms with Gasteiger partial charge >= 0.3 is 0 Å². The molecule has 0 unspecified atom stereocenters. The highest BCUT2D eigenvalue weighted by Crippen LogP contribution is 2.55. The van der Waals surface area contributed by atoms with E-state index in [9.17, 15) is 0 Å². The van der Waals surface area contributed by atoms with E-state index in [0.29, 0.717) is 0 Å². The highest BCUT2D eigenvalue weighted by atomic mass is 15.2. The van der Waals surface area contributed by atoms with Gasteiger partial charge < -0.3 is 14.4 Å². The van der Waals surface area contributed by atoms with Crippen LogP contribution in [-0.2, 0) is 0 Å². The number of para-hydroxylation sites is 4. The van der Waals surface area contributed by atoms with E-state index in [1.165, 1.54) is 44.0 Å². The summed E-state index contributed by atoms with van der Waals surface area (Å²) in [5.74, 6) is 0. The molecular weight excluding hydrogens is 1060 g/mol. The molecule has 3 nitrogen and oxygen atoms in total. The average molecular weight is 1120 g/mol. The Bertz CT molecular complexity index is 4950. The van der Waals surface area contributed by atoms with E-state index in [1.54, 1.807) is 0 Å². The Labute approximate surface area is 513 Å². The summed E-state index contributed by atoms with van der Waals surface area (Å²) in [6.45, 7) is -0.205. The van der Waals surface area contributed by atoms with E-state index in [2.05, 4.69) is 354 Å². The summed E-state index contributed by atoms with van der Waals surface area (Å²) in [5.41, 5.74) is 30.2. The molecule has 0 saturated carbocycles. The summed E-state index contributed by atoms with van der Waals surface area (Å²) in [7, 11) is 0. The molecule has 0 radical (unpaired) electrons. The van der Waals surface area contributed by atoms with Crippen molar-refractivity contribution >= 4 is 79.0 Å². The van der Waals surface area contributed by atoms with E-state index in [-0.39, 0.29) is 6.71 Å². The lowest BCUT2D eigenvalue weighted by Gasteiger charge is -2.46. The van der Waals surface area contributed by atoms with E-state index in [0.717, 1.165) is 112 Å². The number of benzene rings is 14. The van der Waals surface area contributed by atoms with Gasteiger partial charge in [0.2, 0.25) is 0 Å². The topological polar surface area (TPSA) is 11.4 Å². The first-order valence-corrected chi connectivity index (χ1v) is 30.5. The number of nitrogens with zero attached hydrogens (tertiary/aromatic N) is 3. The molecule has 0 N–H and O–H groups in total. The maximum absolute atomic E-state index is 2.70. The lowest BCUT2D eigenvalue weighted by Crippen LogP contribution is -2.61. The summed E-state index contributed by atoms with van der Waals surface area (Å²) < 4.78 is 2.58. The lowest BCUT2D eigenvalue weighted by atomic mass is 9.33. The minimum Gasteiger partial charge on any atom is -0.310 e. The highest BCUT2D eigenvalue weighted by Gasteiger charge is 2.46. The van der Waals surface area contributed by atoms with Crippen LogP contribution in [0.2, 0.25) is 0 Å². The molecule has 4 heteroatoms. The van der Waals surface area contributed by atoms with Gasteiger partial charge in [-0.3, -0.25) is 0 Å². The molecule has 15 aromatic rings. The van der Waals surface area contributed by atoms with Crippen LogP contribution in [0, 0.1) is 0 Å². The van der Waals surface area contributed by atoms with Crippen LogP contribution in [0.3, 0.4) is 0 Å². The smallest absolute Gasteiger partial charge is 0.252 e. The van der Waals surface area contributed by atoms with Crippen LogP contribution in [0.4, 0.5) is 34.1 Å². The molecule has 3 heterocycles. The summed E-state index contributed by atoms with van der Waals surface area (Å²) in [6.07, 6.45) is 0. The second-order valence-electron chi connectivity index (χ2n) is 23.0. The first-order valence-electron chi connectivity index (χ1n) is 30.5. The second-order valence-corrected chi connectivity index (χ2v) is 23.0. The molecule has 88 heavy (non-hydrogen) atoms. The zero-order valence-corrected chi connectivity index (χ0v) is 48.3. The average Bonchev–Trinajstić information content (AvgIpc) is 1.21. The summed E-state index contributed by atoms with van der Waals surface area (Å²) in [4.78, 5) is 5.31. The van der Waals surface area contributed by atoms with Gasteiger partial charge in [-0.2, -0.15) is 0 Å². The third-order valence-electron chi connectivity index (χ3n) is 18.2. The zero-order valence-electron chi connectivity index (χ0n) is 48.3. The van der Waals surface area contributed by atoms with Crippen molar-refractivity contribution in [1.29, 1.82) is 0 Å². The van der Waals surface area contributed by atoms with Crippen molar-refractivity contribution in [3.63, 3.8) is 0 Å². The molecule has 0 fully saturated rings. The lowest BCUT2D eigenvalue weighted by molar-refractivity contribution is 1.18. The zero-order chi connectivity index (χ0) is 58.1. The molecule has 2 aliphatic heterocycles. The molecule has 0 spiro atoms. The fourth-order valence-electron chi connectivity index (χ4n) is 14.5. The molecule has 1 aromatic heterocycles. The number of hydrogen-bond donors (Lipinski definition) is 0. The van der Waals surface area contributed by atoms with E-state index >= 15 is 0 Å². The minimum atomic E-state index is -0.205. The van der Waals surface area contributed by atoms with Crippen LogP contribution in [-0.4, -0.2) is 11.3 Å². The van der Waals surface area contributed by atoms with Gasteiger partial charge in [0.1, 0.15) is 0 Å². The Morgan fingerprint density at radius 1 is 0.216 bits per heavy atom. The second kappa shape index (κ2) is 21.3. The molecule has 0 bridgehead atoms. The van der Waals surface area contributed by atoms with Crippen molar-refractivity contribution in [2.24, 2.45) is 0 Å². The molecule has 410 valence electrons. The van der Waals surface area contributed by atoms with Crippen molar-refractivity contribution in [1.82, 2.24) is 4.57 Å². The van der Waals surface area contributed by atoms with Crippen LogP contribution in [0.15, 0.2) is 340 Å². The monoisotopic (exact) mass is 1120 g/mol. The summed E-state index contributed by atoms with van der Waals surface area (Å²) in [5, 5.41) is 2.37. The standard InChI is InChI=1S/C84H56BN3/c1-8-28-57(29-9-1)64-52-54-75-73(56-64)85-72-53-55-76-79(71-42-22-23-49-74(71)86(76)81-65(58-30-10-2-11-31-58)43-24-44-66(81)59-32-12-3-13-33-59)84(72)88(83-69(62-38-18-6-19-39-62)47-26-48-70(83)63-40-20-7-21-41-63)78-51-27-50-77(80(78)85)87(75)82-67(60-34-14-4-15-35-60)45-25-46-68(82)61-36-16-5-17-37-61/h1-56H. The fraction of sp³-hybridized carbons (Fsp3) is 0. The van der Waals surface area contributed by atoms with E-state index in [4.69, 9.17) is 0 Å².